The van der Waals surface area contributed by atoms with Gasteiger partial charge in [0, 0.05) is 48.8 Å². The van der Waals surface area contributed by atoms with Gasteiger partial charge in [-0.2, -0.15) is 0 Å². The second-order valence-corrected chi connectivity index (χ2v) is 7.98. The normalized spacial score (nSPS) is 14.0. The number of non-ortho nitro benzene ring substituents is 1. The first-order valence-electron chi connectivity index (χ1n) is 10.5. The Morgan fingerprint density at radius 1 is 1.26 bits per heavy atom. The topological polar surface area (TPSA) is 101 Å². The van der Waals surface area contributed by atoms with Crippen LogP contribution in [0.2, 0.25) is 0 Å². The number of nitro groups is 1. The Labute approximate surface area is 181 Å². The highest BCUT2D eigenvalue weighted by molar-refractivity contribution is 5.92. The fraction of sp³-hybridized carbons (Fsp3) is 0.455. The zero-order valence-corrected chi connectivity index (χ0v) is 18.2. The quantitative estimate of drug-likeness (QED) is 0.486. The van der Waals surface area contributed by atoms with Gasteiger partial charge in [-0.15, -0.1) is 0 Å². The molecule has 166 valence electrons. The Kier molecular flexibility index (Phi) is 6.94. The smallest absolute Gasteiger partial charge is 0.322 e. The number of benzene rings is 1. The van der Waals surface area contributed by atoms with E-state index in [0.717, 1.165) is 18.5 Å². The first-order valence-corrected chi connectivity index (χ1v) is 10.5. The number of anilines is 1. The van der Waals surface area contributed by atoms with E-state index in [1.807, 2.05) is 48.7 Å². The molecule has 1 aromatic heterocycles. The molecule has 1 aliphatic rings. The van der Waals surface area contributed by atoms with Crippen molar-refractivity contribution in [1.29, 1.82) is 0 Å². The van der Waals surface area contributed by atoms with Crippen LogP contribution >= 0.6 is 0 Å². The third kappa shape index (κ3) is 5.62. The van der Waals surface area contributed by atoms with Crippen molar-refractivity contribution in [1.82, 2.24) is 14.4 Å². The van der Waals surface area contributed by atoms with E-state index in [1.165, 1.54) is 29.2 Å². The van der Waals surface area contributed by atoms with Gasteiger partial charge in [0.2, 0.25) is 5.91 Å². The summed E-state index contributed by atoms with van der Waals surface area (Å²) in [5.74, 6) is -0.0807. The maximum atomic E-state index is 13.2. The van der Waals surface area contributed by atoms with Crippen molar-refractivity contribution >= 4 is 23.3 Å². The van der Waals surface area contributed by atoms with Crippen LogP contribution in [0, 0.1) is 10.1 Å². The van der Waals surface area contributed by atoms with Crippen LogP contribution in [0.5, 0.6) is 0 Å². The van der Waals surface area contributed by atoms with Gasteiger partial charge in [-0.25, -0.2) is 4.79 Å². The van der Waals surface area contributed by atoms with Crippen molar-refractivity contribution in [2.24, 2.45) is 7.05 Å². The van der Waals surface area contributed by atoms with Crippen LogP contribution in [-0.2, 0) is 18.4 Å². The summed E-state index contributed by atoms with van der Waals surface area (Å²) >= 11 is 0. The average molecular weight is 428 g/mol. The molecule has 3 amide bonds. The Hall–Kier alpha value is -3.36. The van der Waals surface area contributed by atoms with E-state index in [1.54, 1.807) is 0 Å². The Balaban J connectivity index is 1.70. The minimum absolute atomic E-state index is 0.0191. The molecule has 0 aliphatic heterocycles. The van der Waals surface area contributed by atoms with E-state index < -0.39 is 11.0 Å². The predicted octanol–water partition coefficient (Wildman–Crippen LogP) is 3.76. The van der Waals surface area contributed by atoms with Crippen molar-refractivity contribution in [3.8, 4) is 0 Å². The first kappa shape index (κ1) is 22.3. The summed E-state index contributed by atoms with van der Waals surface area (Å²) in [6.07, 6.45) is 4.61. The Morgan fingerprint density at radius 3 is 2.45 bits per heavy atom. The van der Waals surface area contributed by atoms with Gasteiger partial charge in [0.25, 0.3) is 5.69 Å². The van der Waals surface area contributed by atoms with Gasteiger partial charge < -0.3 is 19.7 Å². The zero-order chi connectivity index (χ0) is 22.5. The first-order chi connectivity index (χ1) is 14.8. The molecule has 9 nitrogen and oxygen atoms in total. The third-order valence-corrected chi connectivity index (χ3v) is 5.71. The summed E-state index contributed by atoms with van der Waals surface area (Å²) < 4.78 is 2.00. The number of hydrogen-bond acceptors (Lipinski definition) is 4. The number of nitrogens with one attached hydrogen (secondary N) is 1. The van der Waals surface area contributed by atoms with E-state index >= 15 is 0 Å². The van der Waals surface area contributed by atoms with Crippen molar-refractivity contribution in [3.63, 3.8) is 0 Å². The van der Waals surface area contributed by atoms with Gasteiger partial charge in [-0.1, -0.05) is 6.92 Å². The second kappa shape index (κ2) is 9.63. The van der Waals surface area contributed by atoms with Gasteiger partial charge in [0.15, 0.2) is 0 Å². The van der Waals surface area contributed by atoms with Crippen molar-refractivity contribution in [2.75, 3.05) is 11.9 Å². The molecule has 31 heavy (non-hydrogen) atoms. The average Bonchev–Trinajstić information content (AvgIpc) is 3.51. The number of hydrogen-bond donors (Lipinski definition) is 1. The highest BCUT2D eigenvalue weighted by Crippen LogP contribution is 2.29. The number of carbonyl (C=O) groups is 2. The monoisotopic (exact) mass is 427 g/mol. The molecule has 1 fully saturated rings. The third-order valence-electron chi connectivity index (χ3n) is 5.71. The molecule has 1 aromatic carbocycles. The zero-order valence-electron chi connectivity index (χ0n) is 18.2. The fourth-order valence-corrected chi connectivity index (χ4v) is 3.39. The number of carbonyl (C=O) groups excluding carboxylic acids is 2. The highest BCUT2D eigenvalue weighted by Gasteiger charge is 2.34. The van der Waals surface area contributed by atoms with Gasteiger partial charge in [0.05, 0.1) is 11.5 Å². The molecule has 1 heterocycles. The van der Waals surface area contributed by atoms with Crippen molar-refractivity contribution in [2.45, 2.75) is 51.7 Å². The van der Waals surface area contributed by atoms with E-state index in [2.05, 4.69) is 5.32 Å². The lowest BCUT2D eigenvalue weighted by molar-refractivity contribution is -0.384. The summed E-state index contributed by atoms with van der Waals surface area (Å²) in [6, 6.07) is 9.27. The lowest BCUT2D eigenvalue weighted by Crippen LogP contribution is -2.48. The van der Waals surface area contributed by atoms with Gasteiger partial charge in [-0.3, -0.25) is 14.9 Å². The van der Waals surface area contributed by atoms with Crippen LogP contribution < -0.4 is 5.32 Å². The van der Waals surface area contributed by atoms with E-state index in [9.17, 15) is 19.7 Å². The van der Waals surface area contributed by atoms with Crippen LogP contribution in [-0.4, -0.2) is 49.9 Å². The number of amides is 3. The van der Waals surface area contributed by atoms with Crippen molar-refractivity contribution in [3.05, 3.63) is 58.4 Å². The van der Waals surface area contributed by atoms with Crippen LogP contribution in [0.25, 0.3) is 0 Å². The molecule has 1 N–H and O–H groups in total. The SMILES string of the molecule is CC[C@@H](C)N(CC(=O)N(Cc1cccn1C)C1CC1)C(=O)Nc1ccc([N+](=O)[O-])cc1. The molecule has 0 bridgehead atoms. The minimum atomic E-state index is -0.491. The number of aromatic nitrogens is 1. The van der Waals surface area contributed by atoms with Crippen molar-refractivity contribution < 1.29 is 14.5 Å². The Bertz CT molecular complexity index is 936. The molecular weight excluding hydrogens is 398 g/mol. The Morgan fingerprint density at radius 2 is 1.94 bits per heavy atom. The van der Waals surface area contributed by atoms with Gasteiger partial charge in [-0.05, 0) is 50.5 Å². The molecule has 0 saturated heterocycles. The lowest BCUT2D eigenvalue weighted by atomic mass is 10.2. The number of urea groups is 1. The highest BCUT2D eigenvalue weighted by atomic mass is 16.6. The molecule has 1 saturated carbocycles. The predicted molar refractivity (Wildman–Crippen MR) is 118 cm³/mol. The maximum Gasteiger partial charge on any atom is 0.322 e. The lowest BCUT2D eigenvalue weighted by Gasteiger charge is -2.31. The molecule has 2 aromatic rings. The van der Waals surface area contributed by atoms with Crippen LogP contribution in [0.3, 0.4) is 0 Å². The van der Waals surface area contributed by atoms with Crippen LogP contribution in [0.15, 0.2) is 42.6 Å². The molecule has 3 rings (SSSR count). The van der Waals surface area contributed by atoms with Crippen LogP contribution in [0.4, 0.5) is 16.2 Å². The standard InChI is InChI=1S/C22H29N5O4/c1-4-16(2)25(22(29)23-17-7-9-19(10-8-17)27(30)31)15-21(28)26(18-11-12-18)14-20-6-5-13-24(20)3/h5-10,13,16,18H,4,11-12,14-15H2,1-3H3,(H,23,29)/t16-/m1/s1. The fourth-order valence-electron chi connectivity index (χ4n) is 3.39. The van der Waals surface area contributed by atoms with Crippen LogP contribution in [0.1, 0.15) is 38.8 Å². The number of rotatable bonds is 9. The minimum Gasteiger partial charge on any atom is -0.353 e. The largest absolute Gasteiger partial charge is 0.353 e. The maximum absolute atomic E-state index is 13.2. The van der Waals surface area contributed by atoms with E-state index in [4.69, 9.17) is 0 Å². The summed E-state index contributed by atoms with van der Waals surface area (Å²) in [6.45, 7) is 4.37. The molecule has 1 atom stereocenters. The van der Waals surface area contributed by atoms with E-state index in [0.29, 0.717) is 18.7 Å². The molecular formula is C22H29N5O4. The molecule has 0 unspecified atom stereocenters. The van der Waals surface area contributed by atoms with E-state index in [-0.39, 0.29) is 30.2 Å². The number of nitrogens with zero attached hydrogens (tertiary/aromatic N) is 4. The molecule has 1 aliphatic carbocycles. The second-order valence-electron chi connectivity index (χ2n) is 7.98. The number of aryl methyl sites for hydroxylation is 1. The summed E-state index contributed by atoms with van der Waals surface area (Å²) in [5, 5.41) is 13.6. The summed E-state index contributed by atoms with van der Waals surface area (Å²) in [4.78, 5) is 39.9. The number of nitro benzene ring substituents is 1. The molecule has 0 spiro atoms. The molecule has 0 radical (unpaired) electrons. The molecule has 9 heteroatoms. The summed E-state index contributed by atoms with van der Waals surface area (Å²) in [7, 11) is 1.95. The van der Waals surface area contributed by atoms with Gasteiger partial charge in [0.1, 0.15) is 6.54 Å². The summed E-state index contributed by atoms with van der Waals surface area (Å²) in [5.41, 5.74) is 1.44. The van der Waals surface area contributed by atoms with Gasteiger partial charge >= 0.3 is 6.03 Å².